The van der Waals surface area contributed by atoms with E-state index in [-0.39, 0.29) is 0 Å². The quantitative estimate of drug-likeness (QED) is 0.613. The number of hydrogen-bond acceptors (Lipinski definition) is 1. The van der Waals surface area contributed by atoms with E-state index in [1.807, 2.05) is 6.92 Å². The molecule has 1 aliphatic carbocycles. The summed E-state index contributed by atoms with van der Waals surface area (Å²) in [6.45, 7) is 4.15. The first kappa shape index (κ1) is 8.62. The maximum absolute atomic E-state index is 5.99. The fourth-order valence-electron chi connectivity index (χ4n) is 1.27. The molecule has 1 fully saturated rings. The lowest BCUT2D eigenvalue weighted by atomic mass is 9.96. The number of hydrogen-bond donors (Lipinski definition) is 1. The second kappa shape index (κ2) is 3.28. The van der Waals surface area contributed by atoms with Crippen molar-refractivity contribution < 1.29 is 0 Å². The zero-order valence-corrected chi connectivity index (χ0v) is 7.48. The van der Waals surface area contributed by atoms with Gasteiger partial charge in [-0.3, -0.25) is 0 Å². The van der Waals surface area contributed by atoms with Crippen LogP contribution in [0.1, 0.15) is 39.5 Å². The molecule has 1 atom stereocenters. The molecule has 1 saturated carbocycles. The molecule has 62 valence electrons. The summed E-state index contributed by atoms with van der Waals surface area (Å²) in [5.74, 6) is 5.94. The molecule has 0 aliphatic heterocycles. The molecule has 0 saturated heterocycles. The minimum atomic E-state index is 0.378. The lowest BCUT2D eigenvalue weighted by Gasteiger charge is -2.16. The van der Waals surface area contributed by atoms with Crippen molar-refractivity contribution in [3.8, 4) is 11.8 Å². The normalized spacial score (nSPS) is 21.7. The highest BCUT2D eigenvalue weighted by molar-refractivity contribution is 5.01. The number of rotatable bonds is 3. The Kier molecular flexibility index (Phi) is 2.57. The fraction of sp³-hybridized carbons (Fsp3) is 0.800. The predicted octanol–water partition coefficient (Wildman–Crippen LogP) is 1.92. The first-order valence-corrected chi connectivity index (χ1v) is 4.34. The molecule has 1 rings (SSSR count). The van der Waals surface area contributed by atoms with Gasteiger partial charge in [0, 0.05) is 12.5 Å². The number of nitrogens with two attached hydrogens (primary N) is 1. The first-order valence-electron chi connectivity index (χ1n) is 4.34. The van der Waals surface area contributed by atoms with Gasteiger partial charge in [0.25, 0.3) is 0 Å². The van der Waals surface area contributed by atoms with Gasteiger partial charge in [0.05, 0.1) is 0 Å². The van der Waals surface area contributed by atoms with Gasteiger partial charge in [-0.1, -0.05) is 6.92 Å². The highest BCUT2D eigenvalue weighted by Gasteiger charge is 2.42. The third kappa shape index (κ3) is 2.24. The van der Waals surface area contributed by atoms with Crippen molar-refractivity contribution in [3.63, 3.8) is 0 Å². The molecule has 1 aliphatic rings. The Balaban J connectivity index is 2.19. The smallest absolute Gasteiger partial charge is 0.0103 e. The lowest BCUT2D eigenvalue weighted by molar-refractivity contribution is 0.416. The summed E-state index contributed by atoms with van der Waals surface area (Å²) in [6.07, 6.45) is 4.66. The fourth-order valence-corrected chi connectivity index (χ4v) is 1.27. The molecule has 0 spiro atoms. The topological polar surface area (TPSA) is 26.0 Å². The highest BCUT2D eigenvalue weighted by atomic mass is 14.7. The van der Waals surface area contributed by atoms with Crippen LogP contribution in [0.5, 0.6) is 0 Å². The summed E-state index contributed by atoms with van der Waals surface area (Å²) < 4.78 is 0. The van der Waals surface area contributed by atoms with Gasteiger partial charge in [0.2, 0.25) is 0 Å². The van der Waals surface area contributed by atoms with Crippen LogP contribution in [-0.2, 0) is 0 Å². The molecule has 1 unspecified atom stereocenters. The predicted molar refractivity (Wildman–Crippen MR) is 48.0 cm³/mol. The van der Waals surface area contributed by atoms with Crippen molar-refractivity contribution in [1.29, 1.82) is 0 Å². The second-order valence-corrected chi connectivity index (χ2v) is 3.73. The van der Waals surface area contributed by atoms with Crippen LogP contribution in [0.25, 0.3) is 0 Å². The van der Waals surface area contributed by atoms with Gasteiger partial charge in [0.15, 0.2) is 0 Å². The molecule has 2 N–H and O–H groups in total. The van der Waals surface area contributed by atoms with Crippen LogP contribution in [0, 0.1) is 17.3 Å². The van der Waals surface area contributed by atoms with Gasteiger partial charge in [-0.15, -0.1) is 11.8 Å². The van der Waals surface area contributed by atoms with Crippen molar-refractivity contribution in [3.05, 3.63) is 0 Å². The van der Waals surface area contributed by atoms with Crippen molar-refractivity contribution in [2.24, 2.45) is 11.1 Å². The molecule has 0 aromatic carbocycles. The first-order chi connectivity index (χ1) is 5.19. The third-order valence-electron chi connectivity index (χ3n) is 2.69. The van der Waals surface area contributed by atoms with Gasteiger partial charge in [-0.25, -0.2) is 0 Å². The molecule has 0 aromatic rings. The standard InChI is InChI=1S/C10H17N/c1-3-4-5-6-9(11)10(2)7-8-10/h9H,5-8,11H2,1-2H3. The van der Waals surface area contributed by atoms with E-state index in [1.54, 1.807) is 0 Å². The second-order valence-electron chi connectivity index (χ2n) is 3.73. The highest BCUT2D eigenvalue weighted by Crippen LogP contribution is 2.48. The van der Waals surface area contributed by atoms with E-state index in [0.717, 1.165) is 12.8 Å². The summed E-state index contributed by atoms with van der Waals surface area (Å²) in [5.41, 5.74) is 6.45. The summed E-state index contributed by atoms with van der Waals surface area (Å²) in [5, 5.41) is 0. The van der Waals surface area contributed by atoms with Crippen molar-refractivity contribution >= 4 is 0 Å². The zero-order chi connectivity index (χ0) is 8.32. The van der Waals surface area contributed by atoms with Gasteiger partial charge in [-0.2, -0.15) is 0 Å². The van der Waals surface area contributed by atoms with Gasteiger partial charge in [0.1, 0.15) is 0 Å². The largest absolute Gasteiger partial charge is 0.327 e. The molecule has 0 radical (unpaired) electrons. The van der Waals surface area contributed by atoms with E-state index in [9.17, 15) is 0 Å². The van der Waals surface area contributed by atoms with Crippen LogP contribution >= 0.6 is 0 Å². The van der Waals surface area contributed by atoms with Crippen LogP contribution < -0.4 is 5.73 Å². The van der Waals surface area contributed by atoms with E-state index in [0.29, 0.717) is 11.5 Å². The third-order valence-corrected chi connectivity index (χ3v) is 2.69. The lowest BCUT2D eigenvalue weighted by Crippen LogP contribution is -2.29. The van der Waals surface area contributed by atoms with Crippen LogP contribution in [0.3, 0.4) is 0 Å². The van der Waals surface area contributed by atoms with Crippen molar-refractivity contribution in [2.45, 2.75) is 45.6 Å². The molecule has 1 heteroatoms. The van der Waals surface area contributed by atoms with E-state index in [2.05, 4.69) is 18.8 Å². The monoisotopic (exact) mass is 151 g/mol. The average molecular weight is 151 g/mol. The van der Waals surface area contributed by atoms with E-state index >= 15 is 0 Å². The van der Waals surface area contributed by atoms with Gasteiger partial charge >= 0.3 is 0 Å². The minimum Gasteiger partial charge on any atom is -0.327 e. The molecular weight excluding hydrogens is 134 g/mol. The molecule has 0 amide bonds. The zero-order valence-electron chi connectivity index (χ0n) is 7.48. The van der Waals surface area contributed by atoms with E-state index in [1.165, 1.54) is 12.8 Å². The summed E-state index contributed by atoms with van der Waals surface area (Å²) in [4.78, 5) is 0. The Hall–Kier alpha value is -0.480. The summed E-state index contributed by atoms with van der Waals surface area (Å²) in [7, 11) is 0. The minimum absolute atomic E-state index is 0.378. The van der Waals surface area contributed by atoms with Crippen molar-refractivity contribution in [1.82, 2.24) is 0 Å². The molecule has 1 nitrogen and oxygen atoms in total. The Morgan fingerprint density at radius 3 is 2.64 bits per heavy atom. The Morgan fingerprint density at radius 1 is 1.55 bits per heavy atom. The Morgan fingerprint density at radius 2 is 2.18 bits per heavy atom. The van der Waals surface area contributed by atoms with Gasteiger partial charge < -0.3 is 5.73 Å². The molecule has 0 bridgehead atoms. The summed E-state index contributed by atoms with van der Waals surface area (Å²) >= 11 is 0. The van der Waals surface area contributed by atoms with Crippen LogP contribution in [-0.4, -0.2) is 6.04 Å². The summed E-state index contributed by atoms with van der Waals surface area (Å²) in [6, 6.07) is 0.378. The van der Waals surface area contributed by atoms with E-state index in [4.69, 9.17) is 5.73 Å². The molecule has 11 heavy (non-hydrogen) atoms. The Bertz CT molecular complexity index is 181. The Labute approximate surface area is 69.4 Å². The van der Waals surface area contributed by atoms with Crippen molar-refractivity contribution in [2.75, 3.05) is 0 Å². The van der Waals surface area contributed by atoms with Crippen LogP contribution in [0.2, 0.25) is 0 Å². The van der Waals surface area contributed by atoms with Crippen LogP contribution in [0.4, 0.5) is 0 Å². The maximum Gasteiger partial charge on any atom is 0.0103 e. The molecule has 0 aromatic heterocycles. The molecular formula is C10H17N. The SMILES string of the molecule is CC#CCCC(N)C1(C)CC1. The van der Waals surface area contributed by atoms with Crippen LogP contribution in [0.15, 0.2) is 0 Å². The maximum atomic E-state index is 5.99. The molecule has 0 heterocycles. The van der Waals surface area contributed by atoms with E-state index < -0.39 is 0 Å². The average Bonchev–Trinajstić information content (AvgIpc) is 2.70. The van der Waals surface area contributed by atoms with Gasteiger partial charge in [-0.05, 0) is 31.6 Å².